The second-order valence-electron chi connectivity index (χ2n) is 4.43. The van der Waals surface area contributed by atoms with Gasteiger partial charge < -0.3 is 9.47 Å². The predicted octanol–water partition coefficient (Wildman–Crippen LogP) is 5.02. The van der Waals surface area contributed by atoms with E-state index in [1.807, 2.05) is 0 Å². The molecular weight excluding hydrogens is 368 g/mol. The summed E-state index contributed by atoms with van der Waals surface area (Å²) in [6.07, 6.45) is 3.23. The highest BCUT2D eigenvalue weighted by Crippen LogP contribution is 2.33. The lowest BCUT2D eigenvalue weighted by molar-refractivity contribution is 0.104. The molecule has 5 heteroatoms. The smallest absolute Gasteiger partial charge is 0.185 e. The molecule has 2 aromatic carbocycles. The molecule has 22 heavy (non-hydrogen) atoms. The van der Waals surface area contributed by atoms with Gasteiger partial charge in [-0.1, -0.05) is 27.5 Å². The van der Waals surface area contributed by atoms with Crippen molar-refractivity contribution in [2.75, 3.05) is 14.2 Å². The molecule has 0 unspecified atom stereocenters. The molecule has 0 heterocycles. The van der Waals surface area contributed by atoms with Crippen LogP contribution in [-0.2, 0) is 0 Å². The minimum Gasteiger partial charge on any atom is -0.493 e. The van der Waals surface area contributed by atoms with Gasteiger partial charge in [0, 0.05) is 15.1 Å². The molecule has 114 valence electrons. The topological polar surface area (TPSA) is 35.5 Å². The van der Waals surface area contributed by atoms with Crippen LogP contribution in [0.3, 0.4) is 0 Å². The Morgan fingerprint density at radius 3 is 2.27 bits per heavy atom. The van der Waals surface area contributed by atoms with Crippen molar-refractivity contribution in [1.29, 1.82) is 0 Å². The molecule has 2 aromatic rings. The van der Waals surface area contributed by atoms with Crippen molar-refractivity contribution in [2.24, 2.45) is 0 Å². The number of carbonyl (C=O) groups is 1. The molecule has 0 radical (unpaired) electrons. The van der Waals surface area contributed by atoms with Crippen LogP contribution in [0.25, 0.3) is 6.08 Å². The summed E-state index contributed by atoms with van der Waals surface area (Å²) in [6, 6.07) is 10.4. The van der Waals surface area contributed by atoms with Crippen LogP contribution in [0.4, 0.5) is 0 Å². The average Bonchev–Trinajstić information content (AvgIpc) is 2.53. The van der Waals surface area contributed by atoms with Gasteiger partial charge >= 0.3 is 0 Å². The molecule has 0 aromatic heterocycles. The van der Waals surface area contributed by atoms with Gasteiger partial charge in [0.2, 0.25) is 0 Å². The minimum atomic E-state index is -0.0987. The average molecular weight is 382 g/mol. The molecule has 0 bridgehead atoms. The molecule has 2 rings (SSSR count). The van der Waals surface area contributed by atoms with Gasteiger partial charge in [-0.05, 0) is 54.1 Å². The predicted molar refractivity (Wildman–Crippen MR) is 92.1 cm³/mol. The van der Waals surface area contributed by atoms with Gasteiger partial charge in [-0.3, -0.25) is 4.79 Å². The van der Waals surface area contributed by atoms with Gasteiger partial charge in [-0.15, -0.1) is 0 Å². The Morgan fingerprint density at radius 1 is 1.09 bits per heavy atom. The maximum Gasteiger partial charge on any atom is 0.185 e. The third-order valence-electron chi connectivity index (χ3n) is 3.05. The standard InChI is InChI=1S/C17H14BrClO3/c1-21-16-9-12(14(18)10-17(16)22-2)5-8-15(20)11-3-6-13(19)7-4-11/h3-10H,1-2H3. The van der Waals surface area contributed by atoms with Crippen LogP contribution in [0.2, 0.25) is 5.02 Å². The van der Waals surface area contributed by atoms with Crippen LogP contribution < -0.4 is 9.47 Å². The van der Waals surface area contributed by atoms with Crippen LogP contribution in [0.5, 0.6) is 11.5 Å². The number of hydrogen-bond acceptors (Lipinski definition) is 3. The van der Waals surface area contributed by atoms with Crippen LogP contribution in [0, 0.1) is 0 Å². The molecule has 3 nitrogen and oxygen atoms in total. The van der Waals surface area contributed by atoms with Gasteiger partial charge in [0.1, 0.15) is 0 Å². The number of hydrogen-bond donors (Lipinski definition) is 0. The first-order valence-electron chi connectivity index (χ1n) is 6.44. The lowest BCUT2D eigenvalue weighted by atomic mass is 10.1. The Labute approximate surface area is 142 Å². The summed E-state index contributed by atoms with van der Waals surface area (Å²) in [4.78, 5) is 12.1. The highest BCUT2D eigenvalue weighted by Gasteiger charge is 2.08. The second-order valence-corrected chi connectivity index (χ2v) is 5.72. The maximum absolute atomic E-state index is 12.1. The molecule has 0 atom stereocenters. The largest absolute Gasteiger partial charge is 0.493 e. The highest BCUT2D eigenvalue weighted by atomic mass is 79.9. The summed E-state index contributed by atoms with van der Waals surface area (Å²) in [7, 11) is 3.14. The van der Waals surface area contributed by atoms with Gasteiger partial charge in [-0.25, -0.2) is 0 Å². The van der Waals surface area contributed by atoms with Gasteiger partial charge in [0.15, 0.2) is 17.3 Å². The van der Waals surface area contributed by atoms with Crippen LogP contribution >= 0.6 is 27.5 Å². The van der Waals surface area contributed by atoms with E-state index in [2.05, 4.69) is 15.9 Å². The highest BCUT2D eigenvalue weighted by molar-refractivity contribution is 9.10. The van der Waals surface area contributed by atoms with E-state index < -0.39 is 0 Å². The zero-order chi connectivity index (χ0) is 16.1. The third kappa shape index (κ3) is 3.90. The van der Waals surface area contributed by atoms with E-state index in [9.17, 15) is 4.79 Å². The van der Waals surface area contributed by atoms with E-state index in [-0.39, 0.29) is 5.78 Å². The summed E-state index contributed by atoms with van der Waals surface area (Å²) in [5.41, 5.74) is 1.40. The summed E-state index contributed by atoms with van der Waals surface area (Å²) < 4.78 is 11.3. The van der Waals surface area contributed by atoms with E-state index in [1.54, 1.807) is 56.7 Å². The first-order chi connectivity index (χ1) is 10.5. The van der Waals surface area contributed by atoms with Gasteiger partial charge in [0.25, 0.3) is 0 Å². The molecule has 0 saturated heterocycles. The summed E-state index contributed by atoms with van der Waals surface area (Å²) in [5, 5.41) is 0.600. The van der Waals surface area contributed by atoms with Crippen molar-refractivity contribution in [3.05, 3.63) is 63.1 Å². The zero-order valence-corrected chi connectivity index (χ0v) is 14.4. The first kappa shape index (κ1) is 16.6. The van der Waals surface area contributed by atoms with Crippen LogP contribution in [0.15, 0.2) is 46.9 Å². The van der Waals surface area contributed by atoms with E-state index in [0.717, 1.165) is 10.0 Å². The third-order valence-corrected chi connectivity index (χ3v) is 3.98. The number of ether oxygens (including phenoxy) is 2. The van der Waals surface area contributed by atoms with Crippen molar-refractivity contribution in [3.63, 3.8) is 0 Å². The number of allylic oxidation sites excluding steroid dienone is 1. The molecule has 0 spiro atoms. The SMILES string of the molecule is COc1cc(Br)c(C=CC(=O)c2ccc(Cl)cc2)cc1OC. The minimum absolute atomic E-state index is 0.0987. The number of halogens is 2. The molecular formula is C17H14BrClO3. The Morgan fingerprint density at radius 2 is 1.68 bits per heavy atom. The molecule has 0 saturated carbocycles. The van der Waals surface area contributed by atoms with E-state index in [4.69, 9.17) is 21.1 Å². The molecule has 0 aliphatic heterocycles. The first-order valence-corrected chi connectivity index (χ1v) is 7.61. The molecule has 0 aliphatic carbocycles. The molecule has 0 amide bonds. The monoisotopic (exact) mass is 380 g/mol. The van der Waals surface area contributed by atoms with Crippen molar-refractivity contribution in [1.82, 2.24) is 0 Å². The Hall–Kier alpha value is -1.78. The summed E-state index contributed by atoms with van der Waals surface area (Å²) >= 11 is 9.26. The number of carbonyl (C=O) groups excluding carboxylic acids is 1. The van der Waals surface area contributed by atoms with E-state index in [1.165, 1.54) is 6.08 Å². The van der Waals surface area contributed by atoms with Crippen molar-refractivity contribution < 1.29 is 14.3 Å². The van der Waals surface area contributed by atoms with Gasteiger partial charge in [0.05, 0.1) is 14.2 Å². The number of methoxy groups -OCH3 is 2. The van der Waals surface area contributed by atoms with E-state index >= 15 is 0 Å². The lowest BCUT2D eigenvalue weighted by Gasteiger charge is -2.09. The van der Waals surface area contributed by atoms with E-state index in [0.29, 0.717) is 22.1 Å². The Balaban J connectivity index is 2.26. The summed E-state index contributed by atoms with van der Waals surface area (Å²) in [5.74, 6) is 1.12. The van der Waals surface area contributed by atoms with Crippen molar-refractivity contribution in [2.45, 2.75) is 0 Å². The molecule has 0 aliphatic rings. The fraction of sp³-hybridized carbons (Fsp3) is 0.118. The molecule has 0 fully saturated rings. The van der Waals surface area contributed by atoms with Crippen molar-refractivity contribution in [3.8, 4) is 11.5 Å². The summed E-state index contributed by atoms with van der Waals surface area (Å²) in [6.45, 7) is 0. The number of ketones is 1. The van der Waals surface area contributed by atoms with Crippen LogP contribution in [0.1, 0.15) is 15.9 Å². The molecule has 0 N–H and O–H groups in total. The Bertz CT molecular complexity index is 709. The quantitative estimate of drug-likeness (QED) is 0.539. The normalized spacial score (nSPS) is 10.7. The van der Waals surface area contributed by atoms with Crippen LogP contribution in [-0.4, -0.2) is 20.0 Å². The van der Waals surface area contributed by atoms with Gasteiger partial charge in [-0.2, -0.15) is 0 Å². The zero-order valence-electron chi connectivity index (χ0n) is 12.1. The van der Waals surface area contributed by atoms with Crippen molar-refractivity contribution >= 4 is 39.4 Å². The lowest BCUT2D eigenvalue weighted by Crippen LogP contribution is -1.94. The maximum atomic E-state index is 12.1. The fourth-order valence-corrected chi connectivity index (χ4v) is 2.45. The second kappa shape index (κ2) is 7.47. The fourth-order valence-electron chi connectivity index (χ4n) is 1.87. The number of benzene rings is 2. The number of rotatable bonds is 5. The Kier molecular flexibility index (Phi) is 5.63.